The van der Waals surface area contributed by atoms with Crippen LogP contribution in [0.15, 0.2) is 41.0 Å². The Balaban J connectivity index is 2.53. The molecule has 1 heterocycles. The summed E-state index contributed by atoms with van der Waals surface area (Å²) in [6.45, 7) is 0. The third-order valence-corrected chi connectivity index (χ3v) is 2.47. The van der Waals surface area contributed by atoms with Crippen LogP contribution in [0.4, 0.5) is 5.69 Å². The Labute approximate surface area is 96.7 Å². The first-order chi connectivity index (χ1) is 7.31. The van der Waals surface area contributed by atoms with Crippen LogP contribution in [0.25, 0.3) is 11.3 Å². The number of halogens is 1. The highest BCUT2D eigenvalue weighted by Crippen LogP contribution is 2.26. The molecule has 0 atom stereocenters. The van der Waals surface area contributed by atoms with Gasteiger partial charge in [0.1, 0.15) is 10.3 Å². The first kappa shape index (κ1) is 10.1. The van der Waals surface area contributed by atoms with Crippen molar-refractivity contribution in [3.05, 3.63) is 41.0 Å². The van der Waals surface area contributed by atoms with Crippen molar-refractivity contribution in [3.63, 3.8) is 0 Å². The van der Waals surface area contributed by atoms with Gasteiger partial charge in [0.2, 0.25) is 0 Å². The molecule has 0 saturated heterocycles. The number of hydrogen-bond acceptors (Lipinski definition) is 3. The number of anilines is 1. The van der Waals surface area contributed by atoms with Gasteiger partial charge in [-0.05, 0) is 22.0 Å². The van der Waals surface area contributed by atoms with Gasteiger partial charge < -0.3 is 5.32 Å². The predicted octanol–water partition coefficient (Wildman–Crippen LogP) is 2.95. The Bertz CT molecular complexity index is 457. The summed E-state index contributed by atoms with van der Waals surface area (Å²) in [7, 11) is 1.87. The number of rotatable bonds is 2. The summed E-state index contributed by atoms with van der Waals surface area (Å²) in [6.07, 6.45) is 0. The molecule has 0 amide bonds. The zero-order valence-electron chi connectivity index (χ0n) is 8.24. The van der Waals surface area contributed by atoms with E-state index in [9.17, 15) is 0 Å². The first-order valence-electron chi connectivity index (χ1n) is 4.57. The Morgan fingerprint density at radius 2 is 1.87 bits per heavy atom. The quantitative estimate of drug-likeness (QED) is 0.906. The van der Waals surface area contributed by atoms with Gasteiger partial charge in [0.15, 0.2) is 0 Å². The van der Waals surface area contributed by atoms with Crippen molar-refractivity contribution in [3.8, 4) is 11.3 Å². The van der Waals surface area contributed by atoms with E-state index in [1.54, 1.807) is 0 Å². The van der Waals surface area contributed by atoms with Gasteiger partial charge in [-0.1, -0.05) is 30.3 Å². The number of hydrogen-bond donors (Lipinski definition) is 1. The average Bonchev–Trinajstić information content (AvgIpc) is 2.30. The van der Waals surface area contributed by atoms with E-state index >= 15 is 0 Å². The molecule has 76 valence electrons. The summed E-state index contributed by atoms with van der Waals surface area (Å²) in [5, 5.41) is 11.3. The van der Waals surface area contributed by atoms with E-state index in [0.717, 1.165) is 21.5 Å². The standard InChI is InChI=1S/C11H10BrN3/c1-13-9-7-10(12)14-15-11(9)8-5-3-2-4-6-8/h2-7H,1H3,(H,13,14). The number of nitrogens with zero attached hydrogens (tertiary/aromatic N) is 2. The molecule has 0 bridgehead atoms. The highest BCUT2D eigenvalue weighted by molar-refractivity contribution is 9.10. The van der Waals surface area contributed by atoms with Gasteiger partial charge >= 0.3 is 0 Å². The normalized spacial score (nSPS) is 10.0. The van der Waals surface area contributed by atoms with Crippen LogP contribution in [0.2, 0.25) is 0 Å². The summed E-state index contributed by atoms with van der Waals surface area (Å²) in [4.78, 5) is 0. The van der Waals surface area contributed by atoms with Crippen LogP contribution >= 0.6 is 15.9 Å². The van der Waals surface area contributed by atoms with Crippen LogP contribution in [-0.2, 0) is 0 Å². The third kappa shape index (κ3) is 2.15. The Morgan fingerprint density at radius 1 is 1.13 bits per heavy atom. The van der Waals surface area contributed by atoms with Crippen LogP contribution in [0.1, 0.15) is 0 Å². The molecule has 0 aliphatic rings. The fourth-order valence-electron chi connectivity index (χ4n) is 1.37. The molecule has 3 nitrogen and oxygen atoms in total. The molecule has 0 aliphatic heterocycles. The molecule has 0 radical (unpaired) electrons. The Kier molecular flexibility index (Phi) is 2.97. The minimum Gasteiger partial charge on any atom is -0.386 e. The SMILES string of the molecule is CNc1cc(Br)nnc1-c1ccccc1. The van der Waals surface area contributed by atoms with Crippen molar-refractivity contribution in [1.82, 2.24) is 10.2 Å². The fraction of sp³-hybridized carbons (Fsp3) is 0.0909. The number of nitrogens with one attached hydrogen (secondary N) is 1. The van der Waals surface area contributed by atoms with Gasteiger partial charge in [-0.25, -0.2) is 0 Å². The molecule has 0 spiro atoms. The molecule has 0 saturated carbocycles. The minimum absolute atomic E-state index is 0.728. The minimum atomic E-state index is 0.728. The maximum atomic E-state index is 4.16. The maximum absolute atomic E-state index is 4.16. The van der Waals surface area contributed by atoms with Crippen molar-refractivity contribution in [2.45, 2.75) is 0 Å². The predicted molar refractivity (Wildman–Crippen MR) is 64.7 cm³/mol. The van der Waals surface area contributed by atoms with Crippen molar-refractivity contribution in [2.75, 3.05) is 12.4 Å². The number of benzene rings is 1. The summed E-state index contributed by atoms with van der Waals surface area (Å²) in [6, 6.07) is 11.9. The van der Waals surface area contributed by atoms with Gasteiger partial charge in [0, 0.05) is 12.6 Å². The largest absolute Gasteiger partial charge is 0.386 e. The molecule has 4 heteroatoms. The van der Waals surface area contributed by atoms with Crippen LogP contribution in [0.3, 0.4) is 0 Å². The van der Waals surface area contributed by atoms with E-state index in [1.807, 2.05) is 43.4 Å². The molecule has 0 aliphatic carbocycles. The molecule has 1 N–H and O–H groups in total. The van der Waals surface area contributed by atoms with E-state index < -0.39 is 0 Å². The molecule has 2 aromatic rings. The summed E-state index contributed by atoms with van der Waals surface area (Å²) >= 11 is 3.30. The zero-order valence-corrected chi connectivity index (χ0v) is 9.82. The van der Waals surface area contributed by atoms with Crippen molar-refractivity contribution >= 4 is 21.6 Å². The van der Waals surface area contributed by atoms with E-state index in [1.165, 1.54) is 0 Å². The molecular formula is C11H10BrN3. The highest BCUT2D eigenvalue weighted by Gasteiger charge is 2.06. The lowest BCUT2D eigenvalue weighted by molar-refractivity contribution is 1.01. The second-order valence-corrected chi connectivity index (χ2v) is 3.86. The van der Waals surface area contributed by atoms with Crippen molar-refractivity contribution in [1.29, 1.82) is 0 Å². The first-order valence-corrected chi connectivity index (χ1v) is 5.37. The van der Waals surface area contributed by atoms with E-state index in [0.29, 0.717) is 0 Å². The van der Waals surface area contributed by atoms with E-state index in [2.05, 4.69) is 31.4 Å². The molecular weight excluding hydrogens is 254 g/mol. The molecule has 15 heavy (non-hydrogen) atoms. The average molecular weight is 264 g/mol. The van der Waals surface area contributed by atoms with Crippen molar-refractivity contribution in [2.24, 2.45) is 0 Å². The molecule has 1 aromatic carbocycles. The monoisotopic (exact) mass is 263 g/mol. The molecule has 2 rings (SSSR count). The second kappa shape index (κ2) is 4.40. The Morgan fingerprint density at radius 3 is 2.53 bits per heavy atom. The maximum Gasteiger partial charge on any atom is 0.130 e. The third-order valence-electron chi connectivity index (χ3n) is 2.08. The van der Waals surface area contributed by atoms with Gasteiger partial charge in [0.25, 0.3) is 0 Å². The van der Waals surface area contributed by atoms with Gasteiger partial charge in [-0.2, -0.15) is 0 Å². The molecule has 1 aromatic heterocycles. The fourth-order valence-corrected chi connectivity index (χ4v) is 1.68. The van der Waals surface area contributed by atoms with Gasteiger partial charge in [0.05, 0.1) is 5.69 Å². The van der Waals surface area contributed by atoms with E-state index in [-0.39, 0.29) is 0 Å². The molecule has 0 fully saturated rings. The Hall–Kier alpha value is -1.42. The van der Waals surface area contributed by atoms with Crippen molar-refractivity contribution < 1.29 is 0 Å². The van der Waals surface area contributed by atoms with Gasteiger partial charge in [-0.3, -0.25) is 0 Å². The lowest BCUT2D eigenvalue weighted by Crippen LogP contribution is -1.97. The topological polar surface area (TPSA) is 37.8 Å². The van der Waals surface area contributed by atoms with Gasteiger partial charge in [-0.15, -0.1) is 10.2 Å². The molecule has 0 unspecified atom stereocenters. The van der Waals surface area contributed by atoms with Crippen LogP contribution in [-0.4, -0.2) is 17.2 Å². The smallest absolute Gasteiger partial charge is 0.130 e. The van der Waals surface area contributed by atoms with Crippen LogP contribution in [0, 0.1) is 0 Å². The summed E-state index contributed by atoms with van der Waals surface area (Å²) in [5.41, 5.74) is 2.88. The summed E-state index contributed by atoms with van der Waals surface area (Å²) < 4.78 is 0.728. The highest BCUT2D eigenvalue weighted by atomic mass is 79.9. The summed E-state index contributed by atoms with van der Waals surface area (Å²) in [5.74, 6) is 0. The lowest BCUT2D eigenvalue weighted by Gasteiger charge is -2.07. The van der Waals surface area contributed by atoms with Crippen LogP contribution < -0.4 is 5.32 Å². The number of aromatic nitrogens is 2. The lowest BCUT2D eigenvalue weighted by atomic mass is 10.1. The second-order valence-electron chi connectivity index (χ2n) is 3.05. The van der Waals surface area contributed by atoms with Crippen LogP contribution in [0.5, 0.6) is 0 Å². The zero-order chi connectivity index (χ0) is 10.7. The van der Waals surface area contributed by atoms with E-state index in [4.69, 9.17) is 0 Å².